The van der Waals surface area contributed by atoms with E-state index >= 15 is 0 Å². The molecule has 0 unspecified atom stereocenters. The Morgan fingerprint density at radius 3 is 2.53 bits per heavy atom. The SMILES string of the molecule is Cc1ccc(/C=N/NC(=O)c2ccccc2N)cc1. The van der Waals surface area contributed by atoms with Gasteiger partial charge in [0.1, 0.15) is 0 Å². The summed E-state index contributed by atoms with van der Waals surface area (Å²) in [6.45, 7) is 2.01. The number of benzene rings is 2. The minimum absolute atomic E-state index is 0.318. The Kier molecular flexibility index (Phi) is 3.93. The molecule has 0 heterocycles. The Balaban J connectivity index is 2.01. The number of nitrogens with zero attached hydrogens (tertiary/aromatic N) is 1. The summed E-state index contributed by atoms with van der Waals surface area (Å²) < 4.78 is 0. The van der Waals surface area contributed by atoms with E-state index in [4.69, 9.17) is 5.73 Å². The largest absolute Gasteiger partial charge is 0.398 e. The van der Waals surface area contributed by atoms with Gasteiger partial charge in [-0.1, -0.05) is 42.0 Å². The lowest BCUT2D eigenvalue weighted by atomic mass is 10.2. The lowest BCUT2D eigenvalue weighted by Gasteiger charge is -2.02. The minimum Gasteiger partial charge on any atom is -0.398 e. The van der Waals surface area contributed by atoms with Crippen LogP contribution in [0.3, 0.4) is 0 Å². The van der Waals surface area contributed by atoms with Gasteiger partial charge in [-0.3, -0.25) is 4.79 Å². The number of nitrogens with two attached hydrogens (primary N) is 1. The van der Waals surface area contributed by atoms with Crippen molar-refractivity contribution in [1.29, 1.82) is 0 Å². The molecule has 3 N–H and O–H groups in total. The second kappa shape index (κ2) is 5.82. The molecule has 0 aromatic heterocycles. The number of amides is 1. The van der Waals surface area contributed by atoms with Crippen molar-refractivity contribution in [2.45, 2.75) is 6.92 Å². The molecule has 2 aromatic rings. The van der Waals surface area contributed by atoms with Crippen LogP contribution in [0.15, 0.2) is 53.6 Å². The minimum atomic E-state index is -0.318. The molecule has 0 aliphatic heterocycles. The first-order chi connectivity index (χ1) is 9.16. The average molecular weight is 253 g/mol. The Morgan fingerprint density at radius 1 is 1.16 bits per heavy atom. The van der Waals surface area contributed by atoms with Gasteiger partial charge < -0.3 is 5.73 Å². The highest BCUT2D eigenvalue weighted by atomic mass is 16.2. The quantitative estimate of drug-likeness (QED) is 0.501. The lowest BCUT2D eigenvalue weighted by Crippen LogP contribution is -2.18. The molecule has 0 bridgehead atoms. The molecule has 0 aliphatic carbocycles. The Bertz CT molecular complexity index is 603. The van der Waals surface area contributed by atoms with Gasteiger partial charge in [0.15, 0.2) is 0 Å². The van der Waals surface area contributed by atoms with Crippen LogP contribution in [0.2, 0.25) is 0 Å². The number of rotatable bonds is 3. The molecule has 96 valence electrons. The van der Waals surface area contributed by atoms with Crippen molar-refractivity contribution in [2.24, 2.45) is 5.10 Å². The van der Waals surface area contributed by atoms with Crippen LogP contribution >= 0.6 is 0 Å². The second-order valence-electron chi connectivity index (χ2n) is 4.20. The number of hydrogen-bond donors (Lipinski definition) is 2. The molecule has 2 aromatic carbocycles. The fraction of sp³-hybridized carbons (Fsp3) is 0.0667. The van der Waals surface area contributed by atoms with Crippen molar-refractivity contribution in [2.75, 3.05) is 5.73 Å². The molecule has 4 nitrogen and oxygen atoms in total. The highest BCUT2D eigenvalue weighted by Crippen LogP contribution is 2.09. The van der Waals surface area contributed by atoms with Gasteiger partial charge in [0.05, 0.1) is 11.8 Å². The van der Waals surface area contributed by atoms with Gasteiger partial charge in [-0.25, -0.2) is 5.43 Å². The van der Waals surface area contributed by atoms with Crippen molar-refractivity contribution in [1.82, 2.24) is 5.43 Å². The third-order valence-electron chi connectivity index (χ3n) is 2.66. The smallest absolute Gasteiger partial charge is 0.273 e. The van der Waals surface area contributed by atoms with Gasteiger partial charge in [0.2, 0.25) is 0 Å². The molecule has 19 heavy (non-hydrogen) atoms. The van der Waals surface area contributed by atoms with E-state index in [0.29, 0.717) is 11.3 Å². The summed E-state index contributed by atoms with van der Waals surface area (Å²) >= 11 is 0. The summed E-state index contributed by atoms with van der Waals surface area (Å²) in [5, 5.41) is 3.91. The number of nitrogen functional groups attached to an aromatic ring is 1. The van der Waals surface area contributed by atoms with Crippen molar-refractivity contribution < 1.29 is 4.79 Å². The van der Waals surface area contributed by atoms with E-state index < -0.39 is 0 Å². The number of hydrazone groups is 1. The molecule has 4 heteroatoms. The van der Waals surface area contributed by atoms with Crippen LogP contribution in [-0.4, -0.2) is 12.1 Å². The van der Waals surface area contributed by atoms with Crippen molar-refractivity contribution in [3.05, 3.63) is 65.2 Å². The maximum absolute atomic E-state index is 11.8. The zero-order valence-corrected chi connectivity index (χ0v) is 10.6. The van der Waals surface area contributed by atoms with Crippen LogP contribution in [0, 0.1) is 6.92 Å². The monoisotopic (exact) mass is 253 g/mol. The van der Waals surface area contributed by atoms with Crippen molar-refractivity contribution >= 4 is 17.8 Å². The van der Waals surface area contributed by atoms with E-state index in [1.807, 2.05) is 31.2 Å². The summed E-state index contributed by atoms with van der Waals surface area (Å²) in [5.74, 6) is -0.318. The van der Waals surface area contributed by atoms with Crippen LogP contribution in [0.25, 0.3) is 0 Å². The number of aryl methyl sites for hydroxylation is 1. The van der Waals surface area contributed by atoms with Crippen molar-refractivity contribution in [3.63, 3.8) is 0 Å². The molecule has 0 spiro atoms. The summed E-state index contributed by atoms with van der Waals surface area (Å²) in [5.41, 5.74) is 11.1. The fourth-order valence-electron chi connectivity index (χ4n) is 1.58. The van der Waals surface area contributed by atoms with Crippen LogP contribution in [0.4, 0.5) is 5.69 Å². The maximum atomic E-state index is 11.8. The van der Waals surface area contributed by atoms with E-state index in [9.17, 15) is 4.79 Å². The number of hydrogen-bond acceptors (Lipinski definition) is 3. The van der Waals surface area contributed by atoms with E-state index in [1.54, 1.807) is 30.5 Å². The topological polar surface area (TPSA) is 67.5 Å². The third kappa shape index (κ3) is 3.42. The zero-order chi connectivity index (χ0) is 13.7. The summed E-state index contributed by atoms with van der Waals surface area (Å²) in [7, 11) is 0. The molecule has 0 fully saturated rings. The molecule has 0 saturated carbocycles. The predicted octanol–water partition coefficient (Wildman–Crippen LogP) is 2.34. The van der Waals surface area contributed by atoms with E-state index in [1.165, 1.54) is 5.56 Å². The number of carbonyl (C=O) groups is 1. The van der Waals surface area contributed by atoms with Crippen LogP contribution in [0.5, 0.6) is 0 Å². The van der Waals surface area contributed by atoms with Gasteiger partial charge in [0, 0.05) is 5.69 Å². The predicted molar refractivity (Wildman–Crippen MR) is 77.1 cm³/mol. The summed E-state index contributed by atoms with van der Waals surface area (Å²) in [6, 6.07) is 14.7. The third-order valence-corrected chi connectivity index (χ3v) is 2.66. The molecular formula is C15H15N3O. The first-order valence-corrected chi connectivity index (χ1v) is 5.91. The van der Waals surface area contributed by atoms with Gasteiger partial charge >= 0.3 is 0 Å². The maximum Gasteiger partial charge on any atom is 0.273 e. The second-order valence-corrected chi connectivity index (χ2v) is 4.20. The first kappa shape index (κ1) is 12.8. The van der Waals surface area contributed by atoms with Gasteiger partial charge in [-0.2, -0.15) is 5.10 Å². The van der Waals surface area contributed by atoms with Crippen LogP contribution < -0.4 is 11.2 Å². The lowest BCUT2D eigenvalue weighted by molar-refractivity contribution is 0.0956. The molecule has 1 amide bonds. The van der Waals surface area contributed by atoms with Gasteiger partial charge in [-0.15, -0.1) is 0 Å². The van der Waals surface area contributed by atoms with E-state index in [0.717, 1.165) is 5.56 Å². The number of nitrogens with one attached hydrogen (secondary N) is 1. The number of para-hydroxylation sites is 1. The normalized spacial score (nSPS) is 10.6. The summed E-state index contributed by atoms with van der Waals surface area (Å²) in [4.78, 5) is 11.8. The highest BCUT2D eigenvalue weighted by molar-refractivity contribution is 5.99. The Hall–Kier alpha value is -2.62. The van der Waals surface area contributed by atoms with Crippen LogP contribution in [0.1, 0.15) is 21.5 Å². The molecule has 2 rings (SSSR count). The zero-order valence-electron chi connectivity index (χ0n) is 10.6. The molecule has 0 atom stereocenters. The molecular weight excluding hydrogens is 238 g/mol. The number of anilines is 1. The molecule has 0 radical (unpaired) electrons. The fourth-order valence-corrected chi connectivity index (χ4v) is 1.58. The van der Waals surface area contributed by atoms with E-state index in [2.05, 4.69) is 10.5 Å². The Labute approximate surface area is 112 Å². The summed E-state index contributed by atoms with van der Waals surface area (Å²) in [6.07, 6.45) is 1.59. The van der Waals surface area contributed by atoms with E-state index in [-0.39, 0.29) is 5.91 Å². The highest BCUT2D eigenvalue weighted by Gasteiger charge is 2.06. The van der Waals surface area contributed by atoms with Gasteiger partial charge in [-0.05, 0) is 24.6 Å². The van der Waals surface area contributed by atoms with Crippen LogP contribution in [-0.2, 0) is 0 Å². The van der Waals surface area contributed by atoms with Gasteiger partial charge in [0.25, 0.3) is 5.91 Å². The standard InChI is InChI=1S/C15H15N3O/c1-11-6-8-12(9-7-11)10-17-18-15(19)13-4-2-3-5-14(13)16/h2-10H,16H2,1H3,(H,18,19)/b17-10+. The Morgan fingerprint density at radius 2 is 1.84 bits per heavy atom. The number of carbonyl (C=O) groups excluding carboxylic acids is 1. The average Bonchev–Trinajstić information content (AvgIpc) is 2.41. The molecule has 0 saturated heterocycles. The first-order valence-electron chi connectivity index (χ1n) is 5.91. The van der Waals surface area contributed by atoms with Crippen molar-refractivity contribution in [3.8, 4) is 0 Å². The molecule has 0 aliphatic rings.